The van der Waals surface area contributed by atoms with Gasteiger partial charge in [0.1, 0.15) is 30.2 Å². The fourth-order valence-electron chi connectivity index (χ4n) is 10.9. The molecule has 55 heavy (non-hydrogen) atoms. The molecule has 1 aliphatic carbocycles. The van der Waals surface area contributed by atoms with Gasteiger partial charge in [0.05, 0.1) is 30.0 Å². The lowest BCUT2D eigenvalue weighted by Gasteiger charge is -2.35. The van der Waals surface area contributed by atoms with E-state index in [4.69, 9.17) is 19.8 Å². The molecule has 0 radical (unpaired) electrons. The van der Waals surface area contributed by atoms with E-state index in [2.05, 4.69) is 19.6 Å². The largest absolute Gasteiger partial charge is 0.508 e. The number of aryl methyl sites for hydroxylation is 2. The normalized spacial score (nSPS) is 26.3. The number of aromatic nitrogens is 4. The topological polar surface area (TPSA) is 103 Å². The number of fused-ring (bicyclic) bond motifs is 6. The van der Waals surface area contributed by atoms with Crippen LogP contribution in [0.25, 0.3) is 10.8 Å². The number of hydrogen-bond donors (Lipinski definition) is 1. The number of amides is 1. The van der Waals surface area contributed by atoms with E-state index >= 15 is 4.39 Å². The zero-order valence-electron chi connectivity index (χ0n) is 31.7. The molecule has 2 aromatic carbocycles. The summed E-state index contributed by atoms with van der Waals surface area (Å²) in [5.74, 6) is 1.49. The highest BCUT2D eigenvalue weighted by Gasteiger charge is 2.49. The summed E-state index contributed by atoms with van der Waals surface area (Å²) in [6, 6.07) is 9.21. The molecule has 7 heterocycles. The maximum Gasteiger partial charge on any atom is 0.318 e. The highest BCUT2D eigenvalue weighted by molar-refractivity contribution is 5.98. The number of alkyl halides is 1. The number of piperidine rings is 1. The molecule has 0 unspecified atom stereocenters. The van der Waals surface area contributed by atoms with Gasteiger partial charge in [-0.2, -0.15) is 15.1 Å². The van der Waals surface area contributed by atoms with Crippen molar-refractivity contribution in [2.75, 3.05) is 49.1 Å². The van der Waals surface area contributed by atoms with Crippen LogP contribution in [0.1, 0.15) is 91.3 Å². The smallest absolute Gasteiger partial charge is 0.318 e. The molecule has 5 aliphatic heterocycles. The number of nitrogens with zero attached hydrogens (tertiary/aromatic N) is 8. The molecule has 2 aromatic heterocycles. The average Bonchev–Trinajstić information content (AvgIpc) is 3.92. The van der Waals surface area contributed by atoms with E-state index < -0.39 is 6.17 Å². The van der Waals surface area contributed by atoms with E-state index in [0.29, 0.717) is 75.9 Å². The van der Waals surface area contributed by atoms with Gasteiger partial charge in [-0.1, -0.05) is 13.0 Å². The van der Waals surface area contributed by atoms with Gasteiger partial charge in [-0.25, -0.2) is 8.78 Å². The number of phenolic OH excluding ortho intramolecular Hbond substituents is 1. The van der Waals surface area contributed by atoms with E-state index in [9.17, 15) is 14.3 Å². The fourth-order valence-corrected chi connectivity index (χ4v) is 10.9. The number of anilines is 2. The lowest BCUT2D eigenvalue weighted by molar-refractivity contribution is 0.0622. The summed E-state index contributed by atoms with van der Waals surface area (Å²) in [6.45, 7) is 7.44. The molecule has 6 aliphatic rings. The Labute approximate surface area is 320 Å². The number of aromatic hydroxyl groups is 1. The minimum absolute atomic E-state index is 0.0426. The van der Waals surface area contributed by atoms with Crippen molar-refractivity contribution in [2.24, 2.45) is 5.92 Å². The van der Waals surface area contributed by atoms with Crippen LogP contribution >= 0.6 is 0 Å². The van der Waals surface area contributed by atoms with Crippen molar-refractivity contribution in [1.82, 2.24) is 29.5 Å². The molecule has 4 atom stereocenters. The minimum Gasteiger partial charge on any atom is -0.508 e. The zero-order chi connectivity index (χ0) is 37.4. The Bertz CT molecular complexity index is 2160. The molecule has 13 heteroatoms. The van der Waals surface area contributed by atoms with Crippen LogP contribution in [-0.2, 0) is 32.5 Å². The molecule has 3 saturated heterocycles. The summed E-state index contributed by atoms with van der Waals surface area (Å²) in [4.78, 5) is 32.7. The van der Waals surface area contributed by atoms with Gasteiger partial charge in [-0.05, 0) is 99.4 Å². The Balaban J connectivity index is 0.991. The number of carbonyl (C=O) groups is 1. The number of phenols is 1. The third-order valence-corrected chi connectivity index (χ3v) is 13.6. The molecule has 4 aromatic rings. The Hall–Kier alpha value is -4.52. The van der Waals surface area contributed by atoms with E-state index in [1.165, 1.54) is 12.5 Å². The molecule has 290 valence electrons. The first kappa shape index (κ1) is 34.9. The molecule has 0 spiro atoms. The Morgan fingerprint density at radius 1 is 1.02 bits per heavy atom. The third-order valence-electron chi connectivity index (χ3n) is 13.6. The number of ether oxygens (including phenoxy) is 1. The summed E-state index contributed by atoms with van der Waals surface area (Å²) in [5.41, 5.74) is 4.41. The van der Waals surface area contributed by atoms with Crippen molar-refractivity contribution >= 4 is 28.2 Å². The molecular weight excluding hydrogens is 703 g/mol. The van der Waals surface area contributed by atoms with Gasteiger partial charge in [0, 0.05) is 67.9 Å². The number of likely N-dealkylation sites (tertiary alicyclic amines) is 1. The van der Waals surface area contributed by atoms with Gasteiger partial charge >= 0.3 is 6.01 Å². The summed E-state index contributed by atoms with van der Waals surface area (Å²) in [5, 5.41) is 17.3. The molecule has 10 rings (SSSR count). The van der Waals surface area contributed by atoms with Gasteiger partial charge in [0.15, 0.2) is 5.69 Å². The maximum atomic E-state index is 15.2. The third kappa shape index (κ3) is 6.08. The molecule has 11 nitrogen and oxygen atoms in total. The van der Waals surface area contributed by atoms with Crippen LogP contribution in [0.15, 0.2) is 30.3 Å². The van der Waals surface area contributed by atoms with E-state index in [1.54, 1.807) is 18.2 Å². The first-order valence-corrected chi connectivity index (χ1v) is 20.5. The molecule has 1 N–H and O–H groups in total. The summed E-state index contributed by atoms with van der Waals surface area (Å²) in [6.07, 6.45) is 7.97. The van der Waals surface area contributed by atoms with Crippen LogP contribution in [0.2, 0.25) is 0 Å². The monoisotopic (exact) mass is 752 g/mol. The molecule has 2 bridgehead atoms. The van der Waals surface area contributed by atoms with Crippen LogP contribution in [0.5, 0.6) is 11.8 Å². The number of hydrogen-bond acceptors (Lipinski definition) is 9. The molecule has 1 amide bonds. The second-order valence-corrected chi connectivity index (χ2v) is 16.9. The first-order valence-electron chi connectivity index (χ1n) is 20.5. The van der Waals surface area contributed by atoms with E-state index in [-0.39, 0.29) is 29.0 Å². The summed E-state index contributed by atoms with van der Waals surface area (Å²) >= 11 is 0. The standard InChI is InChI=1S/C42H50F2N8O3/c1-2-32-34(44)8-6-27-18-31(53)20-37(38(27)32)48-15-10-33-36(24-48)45-41(55-25-42-11-3-13-50(42)22-28(43)21-42)46-39(33)49-12-4-14-52-30(23-49)19-35(47-52)40(54)51-16-9-26-5-7-29(51)17-26/h6,8,18-20,26,28-29,53H,2-5,7,9-17,21-25H2,1H3/t26-,28-,29-,42+/m1/s1. The number of carbonyl (C=O) groups excluding carboxylic acids is 1. The highest BCUT2D eigenvalue weighted by Crippen LogP contribution is 2.42. The van der Waals surface area contributed by atoms with Gasteiger partial charge < -0.3 is 24.5 Å². The van der Waals surface area contributed by atoms with Crippen LogP contribution in [0.3, 0.4) is 0 Å². The van der Waals surface area contributed by atoms with Crippen molar-refractivity contribution in [3.8, 4) is 11.8 Å². The predicted octanol–water partition coefficient (Wildman–Crippen LogP) is 6.18. The van der Waals surface area contributed by atoms with E-state index in [1.807, 2.05) is 17.7 Å². The summed E-state index contributed by atoms with van der Waals surface area (Å²) in [7, 11) is 0. The summed E-state index contributed by atoms with van der Waals surface area (Å²) < 4.78 is 38.4. The SMILES string of the molecule is CCc1c(F)ccc2cc(O)cc(N3CCc4c(nc(OC[C@@]56CCCN5C[C@H](F)C6)nc4N4CCCn5nc(C(=O)N6CC[C@H]7CC[C@@H]6C7)cc5C4)C3)c12. The Kier molecular flexibility index (Phi) is 8.64. The van der Waals surface area contributed by atoms with Gasteiger partial charge in [-0.15, -0.1) is 0 Å². The van der Waals surface area contributed by atoms with Crippen molar-refractivity contribution in [1.29, 1.82) is 0 Å². The zero-order valence-corrected chi connectivity index (χ0v) is 31.7. The average molecular weight is 753 g/mol. The van der Waals surface area contributed by atoms with Crippen LogP contribution < -0.4 is 14.5 Å². The highest BCUT2D eigenvalue weighted by atomic mass is 19.1. The van der Waals surface area contributed by atoms with Crippen molar-refractivity contribution < 1.29 is 23.4 Å². The van der Waals surface area contributed by atoms with E-state index in [0.717, 1.165) is 103 Å². The molecular formula is C42H50F2N8O3. The second kappa shape index (κ2) is 13.6. The Morgan fingerprint density at radius 2 is 1.93 bits per heavy atom. The molecule has 4 fully saturated rings. The fraction of sp³-hybridized carbons (Fsp3) is 0.571. The van der Waals surface area contributed by atoms with Crippen LogP contribution in [0.4, 0.5) is 20.3 Å². The lowest BCUT2D eigenvalue weighted by atomic mass is 9.95. The quantitative estimate of drug-likeness (QED) is 0.237. The molecule has 1 saturated carbocycles. The first-order chi connectivity index (χ1) is 26.7. The van der Waals surface area contributed by atoms with Gasteiger partial charge in [0.25, 0.3) is 5.91 Å². The number of halogens is 2. The van der Waals surface area contributed by atoms with Crippen molar-refractivity contribution in [2.45, 2.75) is 109 Å². The predicted molar refractivity (Wildman–Crippen MR) is 205 cm³/mol. The lowest BCUT2D eigenvalue weighted by Crippen LogP contribution is -2.43. The Morgan fingerprint density at radius 3 is 2.82 bits per heavy atom. The second-order valence-electron chi connectivity index (χ2n) is 16.9. The maximum absolute atomic E-state index is 15.2. The van der Waals surface area contributed by atoms with Crippen molar-refractivity contribution in [3.05, 3.63) is 64.4 Å². The number of rotatable bonds is 7. The van der Waals surface area contributed by atoms with Crippen molar-refractivity contribution in [3.63, 3.8) is 0 Å². The van der Waals surface area contributed by atoms with Gasteiger partial charge in [-0.3, -0.25) is 14.4 Å². The number of benzene rings is 2. The van der Waals surface area contributed by atoms with Gasteiger partial charge in [0.2, 0.25) is 0 Å². The minimum atomic E-state index is -0.865. The van der Waals surface area contributed by atoms with Crippen LogP contribution in [0, 0.1) is 11.7 Å². The van der Waals surface area contributed by atoms with Crippen LogP contribution in [-0.4, -0.2) is 97.6 Å².